The molecular formula is C12H18F8O2. The van der Waals surface area contributed by atoms with E-state index >= 15 is 0 Å². The Kier molecular flexibility index (Phi) is 7.53. The summed E-state index contributed by atoms with van der Waals surface area (Å²) in [6.07, 6.45) is -9.92. The Morgan fingerprint density at radius 3 is 1.23 bits per heavy atom. The topological polar surface area (TPSA) is 18.5 Å². The first-order valence-corrected chi connectivity index (χ1v) is 6.53. The highest BCUT2D eigenvalue weighted by molar-refractivity contribution is 5.00. The minimum atomic E-state index is -5.44. The van der Waals surface area contributed by atoms with Crippen molar-refractivity contribution in [3.63, 3.8) is 0 Å². The molecule has 0 spiro atoms. The Morgan fingerprint density at radius 1 is 0.727 bits per heavy atom. The number of rotatable bonds is 10. The van der Waals surface area contributed by atoms with E-state index < -0.39 is 56.0 Å². The van der Waals surface area contributed by atoms with Gasteiger partial charge in [-0.1, -0.05) is 6.92 Å². The van der Waals surface area contributed by atoms with Crippen LogP contribution in [0.4, 0.5) is 35.1 Å². The highest BCUT2D eigenvalue weighted by Gasteiger charge is 2.71. The summed E-state index contributed by atoms with van der Waals surface area (Å²) in [5.74, 6) is -17.7. The average molecular weight is 346 g/mol. The van der Waals surface area contributed by atoms with Gasteiger partial charge >= 0.3 is 24.7 Å². The van der Waals surface area contributed by atoms with Gasteiger partial charge in [0.05, 0.1) is 0 Å². The Labute approximate surface area is 122 Å². The maximum Gasteiger partial charge on any atom is 0.321 e. The second-order valence-electron chi connectivity index (χ2n) is 4.41. The van der Waals surface area contributed by atoms with E-state index in [1.54, 1.807) is 0 Å². The number of alkyl halides is 8. The van der Waals surface area contributed by atoms with Gasteiger partial charge in [0.25, 0.3) is 0 Å². The molecule has 0 amide bonds. The molecule has 0 aromatic heterocycles. The molecule has 0 aromatic rings. The van der Waals surface area contributed by atoms with Crippen molar-refractivity contribution < 1.29 is 44.6 Å². The molecule has 0 unspecified atom stereocenters. The second kappa shape index (κ2) is 7.76. The van der Waals surface area contributed by atoms with Crippen LogP contribution in [0.5, 0.6) is 0 Å². The van der Waals surface area contributed by atoms with Crippen LogP contribution in [0.25, 0.3) is 0 Å². The summed E-state index contributed by atoms with van der Waals surface area (Å²) < 4.78 is 114. The molecule has 0 saturated heterocycles. The van der Waals surface area contributed by atoms with Crippen LogP contribution in [0.2, 0.25) is 0 Å². The third-order valence-electron chi connectivity index (χ3n) is 3.06. The number of hydrogen-bond donors (Lipinski definition) is 0. The SMILES string of the molecule is CCOC(CC)(OCC)C(C(F)(F)C(F)F)C(F)(F)C(F)F. The van der Waals surface area contributed by atoms with Crippen LogP contribution in [0.3, 0.4) is 0 Å². The van der Waals surface area contributed by atoms with Gasteiger partial charge in [0.2, 0.25) is 0 Å². The molecule has 0 fully saturated rings. The molecule has 22 heavy (non-hydrogen) atoms. The normalized spacial score (nSPS) is 14.5. The number of halogens is 8. The minimum Gasteiger partial charge on any atom is -0.349 e. The fraction of sp³-hybridized carbons (Fsp3) is 1.00. The van der Waals surface area contributed by atoms with Gasteiger partial charge < -0.3 is 9.47 Å². The highest BCUT2D eigenvalue weighted by atomic mass is 19.3. The van der Waals surface area contributed by atoms with Crippen LogP contribution in [-0.4, -0.2) is 43.7 Å². The molecule has 10 heteroatoms. The summed E-state index contributed by atoms with van der Waals surface area (Å²) in [5, 5.41) is 0. The summed E-state index contributed by atoms with van der Waals surface area (Å²) in [4.78, 5) is 0. The van der Waals surface area contributed by atoms with E-state index in [2.05, 4.69) is 0 Å². The molecule has 0 N–H and O–H groups in total. The van der Waals surface area contributed by atoms with Gasteiger partial charge in [-0.15, -0.1) is 0 Å². The smallest absolute Gasteiger partial charge is 0.321 e. The van der Waals surface area contributed by atoms with Crippen LogP contribution >= 0.6 is 0 Å². The van der Waals surface area contributed by atoms with E-state index in [1.165, 1.54) is 13.8 Å². The molecule has 0 aliphatic heterocycles. The van der Waals surface area contributed by atoms with Crippen molar-refractivity contribution in [1.29, 1.82) is 0 Å². The Bertz CT molecular complexity index is 309. The predicted molar refractivity (Wildman–Crippen MR) is 61.7 cm³/mol. The molecule has 0 aliphatic rings. The van der Waals surface area contributed by atoms with Gasteiger partial charge in [0.1, 0.15) is 0 Å². The summed E-state index contributed by atoms with van der Waals surface area (Å²) >= 11 is 0. The lowest BCUT2D eigenvalue weighted by atomic mass is 9.83. The van der Waals surface area contributed by atoms with Crippen LogP contribution in [-0.2, 0) is 9.47 Å². The zero-order chi connectivity index (χ0) is 17.8. The lowest BCUT2D eigenvalue weighted by Crippen LogP contribution is -2.63. The van der Waals surface area contributed by atoms with Gasteiger partial charge in [-0.3, -0.25) is 0 Å². The van der Waals surface area contributed by atoms with E-state index in [0.29, 0.717) is 0 Å². The van der Waals surface area contributed by atoms with Crippen molar-refractivity contribution in [2.75, 3.05) is 13.2 Å². The third kappa shape index (κ3) is 4.01. The van der Waals surface area contributed by atoms with Crippen molar-refractivity contribution in [3.05, 3.63) is 0 Å². The van der Waals surface area contributed by atoms with Crippen LogP contribution in [0, 0.1) is 5.92 Å². The van der Waals surface area contributed by atoms with Gasteiger partial charge in [-0.2, -0.15) is 17.6 Å². The standard InChI is InChI=1S/C12H18F8O2/c1-4-10(21-5-2,22-6-3)7(11(17,18)8(13)14)12(19,20)9(15)16/h7-9H,4-6H2,1-3H3. The van der Waals surface area contributed by atoms with E-state index in [1.807, 2.05) is 0 Å². The first kappa shape index (κ1) is 21.4. The lowest BCUT2D eigenvalue weighted by molar-refractivity contribution is -0.373. The van der Waals surface area contributed by atoms with Crippen molar-refractivity contribution in [1.82, 2.24) is 0 Å². The second-order valence-corrected chi connectivity index (χ2v) is 4.41. The molecule has 2 nitrogen and oxygen atoms in total. The molecule has 0 aliphatic carbocycles. The molecule has 0 saturated carbocycles. The summed E-state index contributed by atoms with van der Waals surface area (Å²) in [6.45, 7) is 2.52. The van der Waals surface area contributed by atoms with Gasteiger partial charge in [0, 0.05) is 13.2 Å². The molecule has 134 valence electrons. The van der Waals surface area contributed by atoms with E-state index in [4.69, 9.17) is 9.47 Å². The van der Waals surface area contributed by atoms with Crippen LogP contribution in [0.15, 0.2) is 0 Å². The first-order chi connectivity index (χ1) is 9.93. The summed E-state index contributed by atoms with van der Waals surface area (Å²) in [6, 6.07) is 0. The molecule has 0 rings (SSSR count). The number of ether oxygens (including phenoxy) is 2. The molecule has 0 aromatic carbocycles. The molecule has 0 radical (unpaired) electrons. The van der Waals surface area contributed by atoms with Gasteiger partial charge in [-0.05, 0) is 20.3 Å². The van der Waals surface area contributed by atoms with Crippen LogP contribution in [0.1, 0.15) is 27.2 Å². The predicted octanol–water partition coefficient (Wildman–Crippen LogP) is 4.58. The van der Waals surface area contributed by atoms with Crippen molar-refractivity contribution >= 4 is 0 Å². The third-order valence-corrected chi connectivity index (χ3v) is 3.06. The molecular weight excluding hydrogens is 328 g/mol. The van der Waals surface area contributed by atoms with E-state index in [9.17, 15) is 35.1 Å². The van der Waals surface area contributed by atoms with Crippen molar-refractivity contribution in [2.45, 2.75) is 57.7 Å². The average Bonchev–Trinajstić information content (AvgIpc) is 2.38. The van der Waals surface area contributed by atoms with Crippen LogP contribution < -0.4 is 0 Å². The summed E-state index contributed by atoms with van der Waals surface area (Å²) in [5.41, 5.74) is 0. The zero-order valence-electron chi connectivity index (χ0n) is 12.2. The minimum absolute atomic E-state index is 0.469. The highest BCUT2D eigenvalue weighted by Crippen LogP contribution is 2.51. The lowest BCUT2D eigenvalue weighted by Gasteiger charge is -2.45. The quantitative estimate of drug-likeness (QED) is 0.426. The Morgan fingerprint density at radius 2 is 1.05 bits per heavy atom. The first-order valence-electron chi connectivity index (χ1n) is 6.53. The van der Waals surface area contributed by atoms with Gasteiger partial charge in [-0.25, -0.2) is 17.6 Å². The molecule has 0 atom stereocenters. The zero-order valence-corrected chi connectivity index (χ0v) is 12.2. The summed E-state index contributed by atoms with van der Waals surface area (Å²) in [7, 11) is 0. The Hall–Kier alpha value is -0.640. The molecule has 0 heterocycles. The molecule has 0 bridgehead atoms. The monoisotopic (exact) mass is 346 g/mol. The van der Waals surface area contributed by atoms with E-state index in [0.717, 1.165) is 6.92 Å². The largest absolute Gasteiger partial charge is 0.349 e. The van der Waals surface area contributed by atoms with Crippen molar-refractivity contribution in [2.24, 2.45) is 5.92 Å². The fourth-order valence-electron chi connectivity index (χ4n) is 2.20. The fourth-order valence-corrected chi connectivity index (χ4v) is 2.20. The maximum atomic E-state index is 13.7. The number of hydrogen-bond acceptors (Lipinski definition) is 2. The van der Waals surface area contributed by atoms with Gasteiger partial charge in [0.15, 0.2) is 11.7 Å². The van der Waals surface area contributed by atoms with E-state index in [-0.39, 0.29) is 0 Å². The Balaban J connectivity index is 6.23. The maximum absolute atomic E-state index is 13.7. The van der Waals surface area contributed by atoms with Crippen molar-refractivity contribution in [3.8, 4) is 0 Å².